The van der Waals surface area contributed by atoms with Gasteiger partial charge in [0.2, 0.25) is 11.8 Å². The second kappa shape index (κ2) is 8.29. The standard InChI is InChI=1S/C24H27N3O2/c1-24(25,16-17-10-4-2-5-11-17)23-27-26-22(29-23)20-15-9-8-14-19(20)21(28)18-12-6-3-7-13-18/h2-7,10-13,19-20H,8-9,14-16,25H2,1H3/t19?,20?,24-/m1/s1. The van der Waals surface area contributed by atoms with E-state index in [4.69, 9.17) is 10.2 Å². The van der Waals surface area contributed by atoms with Gasteiger partial charge in [-0.15, -0.1) is 10.2 Å². The molecule has 3 atom stereocenters. The van der Waals surface area contributed by atoms with Crippen molar-refractivity contribution in [1.82, 2.24) is 10.2 Å². The summed E-state index contributed by atoms with van der Waals surface area (Å²) in [6.07, 6.45) is 4.44. The van der Waals surface area contributed by atoms with Crippen molar-refractivity contribution < 1.29 is 9.21 Å². The highest BCUT2D eigenvalue weighted by Crippen LogP contribution is 2.39. The van der Waals surface area contributed by atoms with Crippen molar-refractivity contribution in [2.75, 3.05) is 0 Å². The van der Waals surface area contributed by atoms with Gasteiger partial charge in [0.15, 0.2) is 5.78 Å². The van der Waals surface area contributed by atoms with Crippen molar-refractivity contribution >= 4 is 5.78 Å². The third-order valence-electron chi connectivity index (χ3n) is 5.82. The van der Waals surface area contributed by atoms with Crippen LogP contribution in [0.15, 0.2) is 65.1 Å². The Morgan fingerprint density at radius 2 is 1.69 bits per heavy atom. The van der Waals surface area contributed by atoms with Gasteiger partial charge in [-0.25, -0.2) is 0 Å². The van der Waals surface area contributed by atoms with Crippen LogP contribution in [-0.2, 0) is 12.0 Å². The lowest BCUT2D eigenvalue weighted by Gasteiger charge is -2.28. The number of ketones is 1. The Labute approximate surface area is 171 Å². The molecule has 0 amide bonds. The molecular weight excluding hydrogens is 362 g/mol. The molecule has 0 saturated heterocycles. The van der Waals surface area contributed by atoms with Crippen LogP contribution in [0, 0.1) is 5.92 Å². The first-order valence-electron chi connectivity index (χ1n) is 10.3. The largest absolute Gasteiger partial charge is 0.423 e. The van der Waals surface area contributed by atoms with Crippen LogP contribution in [0.2, 0.25) is 0 Å². The second-order valence-corrected chi connectivity index (χ2v) is 8.25. The van der Waals surface area contributed by atoms with E-state index >= 15 is 0 Å². The molecule has 0 radical (unpaired) electrons. The SMILES string of the molecule is C[C@@](N)(Cc1ccccc1)c1nnc(C2CCCCC2C(=O)c2ccccc2)o1. The summed E-state index contributed by atoms with van der Waals surface area (Å²) >= 11 is 0. The fraction of sp³-hybridized carbons (Fsp3) is 0.375. The zero-order chi connectivity index (χ0) is 20.3. The third kappa shape index (κ3) is 4.30. The number of hydrogen-bond acceptors (Lipinski definition) is 5. The van der Waals surface area contributed by atoms with E-state index in [1.165, 1.54) is 0 Å². The molecule has 0 spiro atoms. The molecule has 29 heavy (non-hydrogen) atoms. The first-order valence-corrected chi connectivity index (χ1v) is 10.3. The van der Waals surface area contributed by atoms with Crippen molar-refractivity contribution in [3.63, 3.8) is 0 Å². The lowest BCUT2D eigenvalue weighted by atomic mass is 9.75. The van der Waals surface area contributed by atoms with Crippen molar-refractivity contribution in [2.45, 2.75) is 50.5 Å². The minimum absolute atomic E-state index is 0.0507. The fourth-order valence-electron chi connectivity index (χ4n) is 4.27. The topological polar surface area (TPSA) is 82.0 Å². The Morgan fingerprint density at radius 1 is 1.03 bits per heavy atom. The summed E-state index contributed by atoms with van der Waals surface area (Å²) in [6.45, 7) is 1.91. The number of nitrogens with two attached hydrogens (primary N) is 1. The molecule has 1 saturated carbocycles. The van der Waals surface area contributed by atoms with E-state index in [9.17, 15) is 4.79 Å². The first kappa shape index (κ1) is 19.5. The molecule has 4 rings (SSSR count). The molecule has 150 valence electrons. The maximum atomic E-state index is 13.1. The van der Waals surface area contributed by atoms with E-state index in [1.807, 2.05) is 67.6 Å². The number of Topliss-reactive ketones (excluding diaryl/α,β-unsaturated/α-hetero) is 1. The number of carbonyl (C=O) groups excluding carboxylic acids is 1. The molecule has 5 nitrogen and oxygen atoms in total. The second-order valence-electron chi connectivity index (χ2n) is 8.25. The number of aromatic nitrogens is 2. The van der Waals surface area contributed by atoms with Gasteiger partial charge in [-0.1, -0.05) is 73.5 Å². The van der Waals surface area contributed by atoms with Crippen molar-refractivity contribution in [3.8, 4) is 0 Å². The van der Waals surface area contributed by atoms with Gasteiger partial charge in [0.05, 0.1) is 5.54 Å². The molecule has 0 aliphatic heterocycles. The molecule has 1 aromatic heterocycles. The lowest BCUT2D eigenvalue weighted by molar-refractivity contribution is 0.0853. The van der Waals surface area contributed by atoms with Crippen LogP contribution in [0.5, 0.6) is 0 Å². The molecule has 1 aliphatic carbocycles. The summed E-state index contributed by atoms with van der Waals surface area (Å²) in [5, 5.41) is 8.60. The van der Waals surface area contributed by atoms with Crippen LogP contribution >= 0.6 is 0 Å². The zero-order valence-corrected chi connectivity index (χ0v) is 16.8. The quantitative estimate of drug-likeness (QED) is 0.621. The van der Waals surface area contributed by atoms with Crippen LogP contribution in [0.1, 0.15) is 66.2 Å². The molecule has 5 heteroatoms. The van der Waals surface area contributed by atoms with E-state index in [0.717, 1.165) is 36.8 Å². The molecule has 3 aromatic rings. The Morgan fingerprint density at radius 3 is 2.41 bits per heavy atom. The predicted molar refractivity (Wildman–Crippen MR) is 111 cm³/mol. The number of carbonyl (C=O) groups is 1. The molecule has 1 fully saturated rings. The highest BCUT2D eigenvalue weighted by molar-refractivity contribution is 5.98. The monoisotopic (exact) mass is 389 g/mol. The average Bonchev–Trinajstić information content (AvgIpc) is 3.26. The predicted octanol–water partition coefficient (Wildman–Crippen LogP) is 4.64. The van der Waals surface area contributed by atoms with Gasteiger partial charge in [-0.05, 0) is 31.7 Å². The van der Waals surface area contributed by atoms with Gasteiger partial charge in [-0.3, -0.25) is 4.79 Å². The Bertz CT molecular complexity index is 951. The summed E-state index contributed by atoms with van der Waals surface area (Å²) in [5.74, 6) is 0.948. The Balaban J connectivity index is 1.56. The van der Waals surface area contributed by atoms with E-state index in [-0.39, 0.29) is 17.6 Å². The molecular formula is C24H27N3O2. The summed E-state index contributed by atoms with van der Waals surface area (Å²) in [7, 11) is 0. The minimum atomic E-state index is -0.764. The van der Waals surface area contributed by atoms with E-state index < -0.39 is 5.54 Å². The Kier molecular flexibility index (Phi) is 5.58. The summed E-state index contributed by atoms with van der Waals surface area (Å²) < 4.78 is 6.08. The fourth-order valence-corrected chi connectivity index (χ4v) is 4.27. The third-order valence-corrected chi connectivity index (χ3v) is 5.82. The van der Waals surface area contributed by atoms with Crippen molar-refractivity contribution in [3.05, 3.63) is 83.6 Å². The van der Waals surface area contributed by atoms with Crippen molar-refractivity contribution in [2.24, 2.45) is 11.7 Å². The normalized spacial score (nSPS) is 21.4. The highest BCUT2D eigenvalue weighted by atomic mass is 16.4. The van der Waals surface area contributed by atoms with Crippen LogP contribution in [0.3, 0.4) is 0 Å². The number of benzene rings is 2. The first-order chi connectivity index (χ1) is 14.0. The summed E-state index contributed by atoms with van der Waals surface area (Å²) in [6, 6.07) is 19.5. The van der Waals surface area contributed by atoms with Gasteiger partial charge in [-0.2, -0.15) is 0 Å². The zero-order valence-electron chi connectivity index (χ0n) is 16.8. The van der Waals surface area contributed by atoms with E-state index in [1.54, 1.807) is 0 Å². The maximum absolute atomic E-state index is 13.1. The van der Waals surface area contributed by atoms with Crippen LogP contribution < -0.4 is 5.73 Å². The van der Waals surface area contributed by atoms with Gasteiger partial charge in [0.1, 0.15) is 0 Å². The smallest absolute Gasteiger partial charge is 0.236 e. The summed E-state index contributed by atoms with van der Waals surface area (Å²) in [4.78, 5) is 13.1. The molecule has 0 bridgehead atoms. The van der Waals surface area contributed by atoms with E-state index in [0.29, 0.717) is 18.2 Å². The number of hydrogen-bond donors (Lipinski definition) is 1. The average molecular weight is 389 g/mol. The molecule has 2 aromatic carbocycles. The van der Waals surface area contributed by atoms with Gasteiger partial charge < -0.3 is 10.2 Å². The molecule has 2 N–H and O–H groups in total. The summed E-state index contributed by atoms with van der Waals surface area (Å²) in [5.41, 5.74) is 7.64. The molecule has 1 aliphatic rings. The molecule has 2 unspecified atom stereocenters. The minimum Gasteiger partial charge on any atom is -0.423 e. The van der Waals surface area contributed by atoms with Crippen LogP contribution in [0.25, 0.3) is 0 Å². The van der Waals surface area contributed by atoms with Crippen LogP contribution in [-0.4, -0.2) is 16.0 Å². The highest BCUT2D eigenvalue weighted by Gasteiger charge is 2.37. The Hall–Kier alpha value is -2.79. The van der Waals surface area contributed by atoms with Gasteiger partial charge in [0, 0.05) is 17.4 Å². The van der Waals surface area contributed by atoms with Crippen molar-refractivity contribution in [1.29, 1.82) is 0 Å². The number of rotatable bonds is 6. The van der Waals surface area contributed by atoms with Crippen LogP contribution in [0.4, 0.5) is 0 Å². The van der Waals surface area contributed by atoms with E-state index in [2.05, 4.69) is 10.2 Å². The van der Waals surface area contributed by atoms with Gasteiger partial charge in [0.25, 0.3) is 0 Å². The molecule has 1 heterocycles. The van der Waals surface area contributed by atoms with Gasteiger partial charge >= 0.3 is 0 Å². The lowest BCUT2D eigenvalue weighted by Crippen LogP contribution is -2.36. The maximum Gasteiger partial charge on any atom is 0.236 e. The number of nitrogens with zero attached hydrogens (tertiary/aromatic N) is 2.